The van der Waals surface area contributed by atoms with Gasteiger partial charge in [0.2, 0.25) is 0 Å². The molecule has 3 saturated heterocycles. The predicted molar refractivity (Wildman–Crippen MR) is 248 cm³/mol. The molecule has 1 aromatic heterocycles. The minimum Gasteiger partial charge on any atom is -0.399 e. The molecule has 8 rings (SSSR count). The van der Waals surface area contributed by atoms with Gasteiger partial charge in [0.15, 0.2) is 0 Å². The zero-order chi connectivity index (χ0) is 44.4. The number of amides is 2. The van der Waals surface area contributed by atoms with Gasteiger partial charge in [0.1, 0.15) is 5.69 Å². The highest BCUT2D eigenvalue weighted by Crippen LogP contribution is 2.29. The molecular formula is C51H62F3N7O2. The van der Waals surface area contributed by atoms with E-state index in [9.17, 15) is 22.8 Å². The molecule has 3 aliphatic heterocycles. The Labute approximate surface area is 370 Å². The zero-order valence-corrected chi connectivity index (χ0v) is 36.3. The number of nitrogen functional groups attached to an aromatic ring is 1. The second-order valence-electron chi connectivity index (χ2n) is 16.8. The Morgan fingerprint density at radius 1 is 0.651 bits per heavy atom. The van der Waals surface area contributed by atoms with Crippen molar-refractivity contribution in [3.8, 4) is 0 Å². The summed E-state index contributed by atoms with van der Waals surface area (Å²) in [5.74, 6) is 1.35. The van der Waals surface area contributed by atoms with Crippen molar-refractivity contribution in [2.45, 2.75) is 82.7 Å². The van der Waals surface area contributed by atoms with Crippen LogP contribution in [0.1, 0.15) is 112 Å². The first-order valence-corrected chi connectivity index (χ1v) is 22.5. The summed E-state index contributed by atoms with van der Waals surface area (Å²) in [6, 6.07) is 33.9. The van der Waals surface area contributed by atoms with E-state index < -0.39 is 17.6 Å². The topological polar surface area (TPSA) is 133 Å². The Balaban J connectivity index is 0.000000164. The lowest BCUT2D eigenvalue weighted by molar-refractivity contribution is -0.137. The number of piperidine rings is 2. The first kappa shape index (κ1) is 46.9. The third kappa shape index (κ3) is 15.0. The van der Waals surface area contributed by atoms with E-state index in [0.717, 1.165) is 81.3 Å². The summed E-state index contributed by atoms with van der Waals surface area (Å²) < 4.78 is 37.5. The van der Waals surface area contributed by atoms with E-state index in [-0.39, 0.29) is 11.6 Å². The molecule has 0 spiro atoms. The first-order chi connectivity index (χ1) is 30.5. The summed E-state index contributed by atoms with van der Waals surface area (Å²) >= 11 is 0. The first-order valence-electron chi connectivity index (χ1n) is 22.5. The van der Waals surface area contributed by atoms with E-state index in [1.807, 2.05) is 60.7 Å². The lowest BCUT2D eigenvalue weighted by Gasteiger charge is -2.23. The van der Waals surface area contributed by atoms with Gasteiger partial charge in [-0.05, 0) is 178 Å². The fraction of sp³-hybridized carbons (Fsp3) is 0.392. The number of hydrogen-bond acceptors (Lipinski definition) is 7. The molecule has 0 bridgehead atoms. The minimum absolute atomic E-state index is 0.0508. The number of nitrogens with zero attached hydrogens (tertiary/aromatic N) is 1. The van der Waals surface area contributed by atoms with E-state index >= 15 is 0 Å². The van der Waals surface area contributed by atoms with Crippen LogP contribution in [0.2, 0.25) is 0 Å². The molecule has 334 valence electrons. The third-order valence-electron chi connectivity index (χ3n) is 11.9. The summed E-state index contributed by atoms with van der Waals surface area (Å²) in [5, 5.41) is 15.8. The molecule has 12 heteroatoms. The van der Waals surface area contributed by atoms with Crippen molar-refractivity contribution in [2.75, 3.05) is 55.6 Å². The Kier molecular flexibility index (Phi) is 17.7. The molecule has 9 nitrogen and oxygen atoms in total. The lowest BCUT2D eigenvalue weighted by Crippen LogP contribution is -2.28. The normalized spacial score (nSPS) is 18.5. The fourth-order valence-electron chi connectivity index (χ4n) is 8.17. The van der Waals surface area contributed by atoms with Crippen molar-refractivity contribution in [1.29, 1.82) is 0 Å². The van der Waals surface area contributed by atoms with Crippen LogP contribution >= 0.6 is 0 Å². The Morgan fingerprint density at radius 2 is 1.19 bits per heavy atom. The van der Waals surface area contributed by atoms with E-state index in [1.165, 1.54) is 67.4 Å². The van der Waals surface area contributed by atoms with Gasteiger partial charge < -0.3 is 32.3 Å². The molecule has 3 aliphatic rings. The Hall–Kier alpha value is -5.56. The number of alkyl halides is 3. The molecule has 3 atom stereocenters. The number of carbonyl (C=O) groups excluding carboxylic acids is 2. The summed E-state index contributed by atoms with van der Waals surface area (Å²) in [5.41, 5.74) is 12.9. The summed E-state index contributed by atoms with van der Waals surface area (Å²) in [6.07, 6.45) is 6.95. The van der Waals surface area contributed by atoms with Crippen LogP contribution in [0.4, 0.5) is 30.2 Å². The number of anilines is 3. The smallest absolute Gasteiger partial charge is 0.399 e. The number of halogens is 3. The molecule has 0 radical (unpaired) electrons. The van der Waals surface area contributed by atoms with Crippen molar-refractivity contribution in [1.82, 2.24) is 20.9 Å². The van der Waals surface area contributed by atoms with Gasteiger partial charge in [-0.25, -0.2) is 0 Å². The van der Waals surface area contributed by atoms with E-state index in [0.29, 0.717) is 29.3 Å². The molecule has 0 aliphatic carbocycles. The summed E-state index contributed by atoms with van der Waals surface area (Å²) in [4.78, 5) is 28.0. The number of aryl methyl sites for hydroxylation is 2. The maximum atomic E-state index is 12.5. The Morgan fingerprint density at radius 3 is 1.67 bits per heavy atom. The van der Waals surface area contributed by atoms with Crippen LogP contribution in [0.5, 0.6) is 0 Å². The number of benzene rings is 4. The second kappa shape index (κ2) is 23.8. The molecule has 0 saturated carbocycles. The molecule has 2 amide bonds. The highest BCUT2D eigenvalue weighted by molar-refractivity contribution is 6.04. The largest absolute Gasteiger partial charge is 0.417 e. The zero-order valence-electron chi connectivity index (χ0n) is 36.3. The minimum atomic E-state index is -4.47. The molecular weight excluding hydrogens is 800 g/mol. The maximum absolute atomic E-state index is 12.5. The highest BCUT2D eigenvalue weighted by Gasteiger charge is 2.31. The third-order valence-corrected chi connectivity index (χ3v) is 11.9. The second-order valence-corrected chi connectivity index (χ2v) is 16.8. The van der Waals surface area contributed by atoms with Crippen molar-refractivity contribution in [3.63, 3.8) is 0 Å². The van der Waals surface area contributed by atoms with Gasteiger partial charge in [-0.3, -0.25) is 14.6 Å². The summed E-state index contributed by atoms with van der Waals surface area (Å²) in [7, 11) is 0. The number of pyridine rings is 1. The van der Waals surface area contributed by atoms with Gasteiger partial charge in [0.25, 0.3) is 11.8 Å². The standard InChI is InChI=1S/C21H26N2O.C18H18F3N3O.C12H18N2/c1-2-4-16-6-8-18(9-7-16)21(24)23-20-12-10-17(11-13-20)19-5-3-14-22-15-19;19-18(20,21)14-5-8-16(23-11-14)17(25)24-15-6-3-12(4-7-15)13-2-1-9-22-10-13;13-12-5-3-10(4-6-12)1-2-11-7-8-14-9-11/h6-13,19,22H,2-5,14-15H2,1H3,(H,23,24);3-8,11,13,22H,1-2,9-10H2,(H,24,25);3-6,11,14H,1-2,7-9,13H2. The van der Waals surface area contributed by atoms with Gasteiger partial charge in [0, 0.05) is 41.9 Å². The number of nitrogens with one attached hydrogen (secondary N) is 5. The number of aromatic nitrogens is 1. The number of hydrogen-bond donors (Lipinski definition) is 6. The van der Waals surface area contributed by atoms with Gasteiger partial charge in [-0.15, -0.1) is 0 Å². The average molecular weight is 862 g/mol. The predicted octanol–water partition coefficient (Wildman–Crippen LogP) is 9.99. The van der Waals surface area contributed by atoms with Crippen molar-refractivity contribution < 1.29 is 22.8 Å². The molecule has 4 aromatic carbocycles. The van der Waals surface area contributed by atoms with E-state index in [1.54, 1.807) is 12.1 Å². The van der Waals surface area contributed by atoms with Crippen molar-refractivity contribution in [3.05, 3.63) is 154 Å². The van der Waals surface area contributed by atoms with Crippen LogP contribution in [0, 0.1) is 5.92 Å². The number of carbonyl (C=O) groups is 2. The molecule has 4 heterocycles. The van der Waals surface area contributed by atoms with Gasteiger partial charge in [-0.2, -0.15) is 13.2 Å². The fourth-order valence-corrected chi connectivity index (χ4v) is 8.17. The average Bonchev–Trinajstić information content (AvgIpc) is 3.85. The SMILES string of the molecule is CCCc1ccc(C(=O)Nc2ccc(C3CCCNC3)cc2)cc1.Nc1ccc(CCC2CCNC2)cc1.O=C(Nc1ccc(C2CCCNC2)cc1)c1ccc(C(F)(F)F)cn1. The van der Waals surface area contributed by atoms with Crippen LogP contribution in [0.25, 0.3) is 0 Å². The summed E-state index contributed by atoms with van der Waals surface area (Å²) in [6.45, 7) is 8.73. The number of rotatable bonds is 11. The van der Waals surface area contributed by atoms with Crippen LogP contribution in [-0.4, -0.2) is 56.1 Å². The maximum Gasteiger partial charge on any atom is 0.417 e. The number of nitrogens with two attached hydrogens (primary N) is 1. The van der Waals surface area contributed by atoms with Crippen LogP contribution in [-0.2, 0) is 19.0 Å². The van der Waals surface area contributed by atoms with Crippen LogP contribution in [0.3, 0.4) is 0 Å². The Bertz CT molecular complexity index is 2130. The van der Waals surface area contributed by atoms with E-state index in [4.69, 9.17) is 5.73 Å². The molecule has 63 heavy (non-hydrogen) atoms. The van der Waals surface area contributed by atoms with Crippen molar-refractivity contribution in [2.24, 2.45) is 5.92 Å². The molecule has 3 unspecified atom stereocenters. The van der Waals surface area contributed by atoms with Gasteiger partial charge >= 0.3 is 6.18 Å². The monoisotopic (exact) mass is 861 g/mol. The van der Waals surface area contributed by atoms with Crippen LogP contribution < -0.4 is 32.3 Å². The molecule has 5 aromatic rings. The lowest BCUT2D eigenvalue weighted by atomic mass is 9.91. The van der Waals surface area contributed by atoms with Crippen molar-refractivity contribution >= 4 is 28.9 Å². The van der Waals surface area contributed by atoms with Crippen LogP contribution in [0.15, 0.2) is 115 Å². The van der Waals surface area contributed by atoms with Gasteiger partial charge in [-0.1, -0.05) is 61.9 Å². The van der Waals surface area contributed by atoms with E-state index in [2.05, 4.69) is 62.8 Å². The van der Waals surface area contributed by atoms with Gasteiger partial charge in [0.05, 0.1) is 5.56 Å². The quantitative estimate of drug-likeness (QED) is 0.0729. The molecule has 3 fully saturated rings. The highest BCUT2D eigenvalue weighted by atomic mass is 19.4. The molecule has 7 N–H and O–H groups in total.